The Morgan fingerprint density at radius 1 is 1.26 bits per heavy atom. The van der Waals surface area contributed by atoms with Crippen LogP contribution in [0.25, 0.3) is 10.9 Å². The van der Waals surface area contributed by atoms with E-state index in [9.17, 15) is 19.1 Å². The number of hydrogen-bond acceptors (Lipinski definition) is 3. The first-order valence-electron chi connectivity index (χ1n) is 7.45. The van der Waals surface area contributed by atoms with E-state index in [1.165, 1.54) is 17.0 Å². The predicted octanol–water partition coefficient (Wildman–Crippen LogP) is 2.24. The van der Waals surface area contributed by atoms with Crippen molar-refractivity contribution >= 4 is 22.7 Å². The molecule has 1 saturated heterocycles. The van der Waals surface area contributed by atoms with Crippen LogP contribution in [-0.2, 0) is 0 Å². The number of piperazine rings is 1. The number of carbonyl (C=O) groups is 1. The minimum Gasteiger partial charge on any atom is -0.465 e. The number of halogens is 1. The molecular weight excluding hydrogens is 301 g/mol. The van der Waals surface area contributed by atoms with Crippen LogP contribution in [-0.4, -0.2) is 46.3 Å². The maximum Gasteiger partial charge on any atom is 0.407 e. The number of amides is 1. The number of aromatic nitrogens is 1. The highest BCUT2D eigenvalue weighted by atomic mass is 19.1. The molecule has 122 valence electrons. The van der Waals surface area contributed by atoms with Crippen LogP contribution >= 0.6 is 0 Å². The van der Waals surface area contributed by atoms with Crippen LogP contribution in [0.4, 0.5) is 14.9 Å². The lowest BCUT2D eigenvalue weighted by atomic mass is 10.1. The van der Waals surface area contributed by atoms with E-state index in [1.807, 2.05) is 24.8 Å². The van der Waals surface area contributed by atoms with Crippen molar-refractivity contribution in [3.8, 4) is 0 Å². The molecule has 0 unspecified atom stereocenters. The van der Waals surface area contributed by atoms with Crippen molar-refractivity contribution in [3.05, 3.63) is 40.4 Å². The number of pyridine rings is 1. The molecule has 0 spiro atoms. The second-order valence-corrected chi connectivity index (χ2v) is 6.01. The molecule has 0 bridgehead atoms. The normalized spacial score (nSPS) is 21.7. The van der Waals surface area contributed by atoms with E-state index < -0.39 is 11.9 Å². The number of aromatic amines is 1. The fraction of sp³-hybridized carbons (Fsp3) is 0.375. The van der Waals surface area contributed by atoms with E-state index in [0.29, 0.717) is 24.2 Å². The number of carboxylic acid groups (broad SMARTS) is 1. The molecule has 0 saturated carbocycles. The number of hydrogen-bond donors (Lipinski definition) is 2. The van der Waals surface area contributed by atoms with Gasteiger partial charge in [-0.1, -0.05) is 0 Å². The first-order valence-corrected chi connectivity index (χ1v) is 7.45. The van der Waals surface area contributed by atoms with Gasteiger partial charge in [0.25, 0.3) is 0 Å². The Hall–Kier alpha value is -2.57. The van der Waals surface area contributed by atoms with Gasteiger partial charge in [-0.15, -0.1) is 0 Å². The molecule has 2 aromatic rings. The van der Waals surface area contributed by atoms with Crippen LogP contribution in [0.1, 0.15) is 13.8 Å². The fourth-order valence-corrected chi connectivity index (χ4v) is 3.30. The maximum absolute atomic E-state index is 14.3. The maximum atomic E-state index is 14.3. The largest absolute Gasteiger partial charge is 0.465 e. The van der Waals surface area contributed by atoms with Gasteiger partial charge in [-0.3, -0.25) is 9.69 Å². The van der Waals surface area contributed by atoms with Gasteiger partial charge in [-0.2, -0.15) is 0 Å². The van der Waals surface area contributed by atoms with Gasteiger partial charge < -0.3 is 15.0 Å². The number of nitrogens with zero attached hydrogens (tertiary/aromatic N) is 2. The lowest BCUT2D eigenvalue weighted by molar-refractivity contribution is 0.0982. The van der Waals surface area contributed by atoms with Crippen molar-refractivity contribution < 1.29 is 14.3 Å². The van der Waals surface area contributed by atoms with E-state index in [2.05, 4.69) is 4.98 Å². The molecular formula is C16H18FN3O3. The van der Waals surface area contributed by atoms with E-state index in [0.717, 1.165) is 0 Å². The Bertz CT molecular complexity index is 808. The van der Waals surface area contributed by atoms with E-state index in [1.54, 1.807) is 6.07 Å². The van der Waals surface area contributed by atoms with E-state index in [-0.39, 0.29) is 23.2 Å². The van der Waals surface area contributed by atoms with E-state index in [4.69, 9.17) is 0 Å². The molecule has 0 radical (unpaired) electrons. The molecule has 7 heteroatoms. The van der Waals surface area contributed by atoms with Crippen LogP contribution in [0.2, 0.25) is 0 Å². The number of anilines is 1. The van der Waals surface area contributed by atoms with Gasteiger partial charge in [0.15, 0.2) is 0 Å². The quantitative estimate of drug-likeness (QED) is 0.845. The Morgan fingerprint density at radius 3 is 2.52 bits per heavy atom. The molecule has 3 rings (SSSR count). The monoisotopic (exact) mass is 319 g/mol. The number of H-pyrrole nitrogens is 1. The summed E-state index contributed by atoms with van der Waals surface area (Å²) in [4.78, 5) is 28.5. The second-order valence-electron chi connectivity index (χ2n) is 6.01. The first-order chi connectivity index (χ1) is 10.9. The number of rotatable bonds is 1. The zero-order valence-electron chi connectivity index (χ0n) is 12.9. The summed E-state index contributed by atoms with van der Waals surface area (Å²) in [6, 6.07) is 5.76. The molecule has 0 aliphatic carbocycles. The summed E-state index contributed by atoms with van der Waals surface area (Å²) in [6.45, 7) is 4.66. The van der Waals surface area contributed by atoms with Crippen LogP contribution in [0.3, 0.4) is 0 Å². The van der Waals surface area contributed by atoms with Gasteiger partial charge in [-0.25, -0.2) is 9.18 Å². The second kappa shape index (κ2) is 5.57. The molecule has 6 nitrogen and oxygen atoms in total. The summed E-state index contributed by atoms with van der Waals surface area (Å²) in [5, 5.41) is 9.87. The predicted molar refractivity (Wildman–Crippen MR) is 85.5 cm³/mol. The Labute approximate surface area is 132 Å². The van der Waals surface area contributed by atoms with Crippen molar-refractivity contribution in [1.29, 1.82) is 0 Å². The summed E-state index contributed by atoms with van der Waals surface area (Å²) in [6.07, 6.45) is -0.938. The van der Waals surface area contributed by atoms with Gasteiger partial charge in [0, 0.05) is 30.2 Å². The highest BCUT2D eigenvalue weighted by Gasteiger charge is 2.33. The molecule has 1 aliphatic rings. The lowest BCUT2D eigenvalue weighted by Crippen LogP contribution is -2.58. The van der Waals surface area contributed by atoms with Crippen molar-refractivity contribution in [2.75, 3.05) is 18.0 Å². The Balaban J connectivity index is 1.96. The molecule has 1 fully saturated rings. The summed E-state index contributed by atoms with van der Waals surface area (Å²) >= 11 is 0. The molecule has 1 aliphatic heterocycles. The number of fused-ring (bicyclic) bond motifs is 1. The molecule has 1 aromatic carbocycles. The minimum absolute atomic E-state index is 0.187. The standard InChI is InChI=1S/C16H18FN3O3/c1-9-7-19(8-10(2)20(9)16(22)23)12-5-11-3-4-14(21)18-15(11)13(17)6-12/h3-6,9-10H,7-8H2,1-2H3,(H,18,21)(H,22,23)/t9-,10+. The summed E-state index contributed by atoms with van der Waals surface area (Å²) < 4.78 is 14.3. The van der Waals surface area contributed by atoms with Crippen LogP contribution in [0, 0.1) is 5.82 Å². The highest BCUT2D eigenvalue weighted by Crippen LogP contribution is 2.27. The average Bonchev–Trinajstić information content (AvgIpc) is 2.46. The highest BCUT2D eigenvalue weighted by molar-refractivity contribution is 5.83. The lowest BCUT2D eigenvalue weighted by Gasteiger charge is -2.44. The summed E-state index contributed by atoms with van der Waals surface area (Å²) in [7, 11) is 0. The topological polar surface area (TPSA) is 76.6 Å². The molecule has 2 heterocycles. The fourth-order valence-electron chi connectivity index (χ4n) is 3.30. The smallest absolute Gasteiger partial charge is 0.407 e. The summed E-state index contributed by atoms with van der Waals surface area (Å²) in [5.41, 5.74) is 0.527. The third-order valence-corrected chi connectivity index (χ3v) is 4.27. The molecule has 23 heavy (non-hydrogen) atoms. The van der Waals surface area contributed by atoms with Crippen molar-refractivity contribution in [1.82, 2.24) is 9.88 Å². The van der Waals surface area contributed by atoms with Crippen molar-refractivity contribution in [3.63, 3.8) is 0 Å². The van der Waals surface area contributed by atoms with E-state index >= 15 is 0 Å². The van der Waals surface area contributed by atoms with Gasteiger partial charge in [-0.05, 0) is 32.0 Å². The van der Waals surface area contributed by atoms with Gasteiger partial charge in [0.05, 0.1) is 17.6 Å². The number of benzene rings is 1. The SMILES string of the molecule is C[C@@H]1CN(c2cc(F)c3[nH]c(=O)ccc3c2)C[C@H](C)N1C(=O)O. The first kappa shape index (κ1) is 15.3. The van der Waals surface area contributed by atoms with Crippen LogP contribution in [0.5, 0.6) is 0 Å². The molecule has 2 N–H and O–H groups in total. The summed E-state index contributed by atoms with van der Waals surface area (Å²) in [5.74, 6) is -0.490. The average molecular weight is 319 g/mol. The molecule has 2 atom stereocenters. The molecule has 1 amide bonds. The van der Waals surface area contributed by atoms with Crippen LogP contribution in [0.15, 0.2) is 29.1 Å². The van der Waals surface area contributed by atoms with Crippen molar-refractivity contribution in [2.45, 2.75) is 25.9 Å². The Morgan fingerprint density at radius 2 is 1.91 bits per heavy atom. The third-order valence-electron chi connectivity index (χ3n) is 4.27. The van der Waals surface area contributed by atoms with Crippen molar-refractivity contribution in [2.24, 2.45) is 0 Å². The van der Waals surface area contributed by atoms with Crippen LogP contribution < -0.4 is 10.5 Å². The minimum atomic E-state index is -0.938. The number of nitrogens with one attached hydrogen (secondary N) is 1. The molecule has 1 aromatic heterocycles. The zero-order valence-corrected chi connectivity index (χ0v) is 12.9. The van der Waals surface area contributed by atoms with Gasteiger partial charge in [0.1, 0.15) is 5.82 Å². The van der Waals surface area contributed by atoms with Gasteiger partial charge >= 0.3 is 6.09 Å². The third kappa shape index (κ3) is 2.74. The Kier molecular flexibility index (Phi) is 3.71. The zero-order chi connectivity index (χ0) is 16.7. The van der Waals surface area contributed by atoms with Gasteiger partial charge in [0.2, 0.25) is 5.56 Å².